The zero-order valence-electron chi connectivity index (χ0n) is 18.2. The first-order chi connectivity index (χ1) is 16.1. The normalized spacial score (nSPS) is 12.5. The fourth-order valence-electron chi connectivity index (χ4n) is 3.19. The average Bonchev–Trinajstić information content (AvgIpc) is 3.19. The van der Waals surface area contributed by atoms with Gasteiger partial charge in [0, 0.05) is 26.8 Å². The van der Waals surface area contributed by atoms with Gasteiger partial charge in [-0.2, -0.15) is 0 Å². The SMILES string of the molecule is Cc1cc2c(Oc3ccc(S(C)(=O)=O)cc3)cc(C(=O)Nc3cnc(C(O)CO)cn3)cc2s1. The molecule has 0 saturated heterocycles. The number of aromatic nitrogens is 2. The van der Waals surface area contributed by atoms with Crippen LogP contribution in [0.2, 0.25) is 0 Å². The molecular weight excluding hydrogens is 478 g/mol. The van der Waals surface area contributed by atoms with Crippen LogP contribution < -0.4 is 10.1 Å². The number of sulfone groups is 1. The largest absolute Gasteiger partial charge is 0.457 e. The lowest BCUT2D eigenvalue weighted by Crippen LogP contribution is -2.14. The van der Waals surface area contributed by atoms with Crippen LogP contribution >= 0.6 is 11.3 Å². The summed E-state index contributed by atoms with van der Waals surface area (Å²) in [5, 5.41) is 22.1. The molecule has 0 aliphatic rings. The number of ether oxygens (including phenoxy) is 1. The summed E-state index contributed by atoms with van der Waals surface area (Å²) < 4.78 is 30.3. The quantitative estimate of drug-likeness (QED) is 0.351. The molecule has 0 saturated carbocycles. The van der Waals surface area contributed by atoms with Crippen molar-refractivity contribution in [3.05, 3.63) is 71.0 Å². The van der Waals surface area contributed by atoms with Crippen LogP contribution in [-0.4, -0.2) is 47.4 Å². The molecule has 11 heteroatoms. The van der Waals surface area contributed by atoms with E-state index in [4.69, 9.17) is 9.84 Å². The third kappa shape index (κ3) is 5.23. The van der Waals surface area contributed by atoms with Crippen LogP contribution in [0.25, 0.3) is 10.1 Å². The van der Waals surface area contributed by atoms with Gasteiger partial charge in [0.1, 0.15) is 17.6 Å². The molecule has 0 fully saturated rings. The van der Waals surface area contributed by atoms with Gasteiger partial charge in [0.2, 0.25) is 0 Å². The van der Waals surface area contributed by atoms with Crippen molar-refractivity contribution in [3.63, 3.8) is 0 Å². The Kier molecular flexibility index (Phi) is 6.62. The Morgan fingerprint density at radius 1 is 1.15 bits per heavy atom. The summed E-state index contributed by atoms with van der Waals surface area (Å²) in [6, 6.07) is 11.4. The molecule has 0 radical (unpaired) electrons. The van der Waals surface area contributed by atoms with E-state index in [-0.39, 0.29) is 16.4 Å². The summed E-state index contributed by atoms with van der Waals surface area (Å²) >= 11 is 1.51. The highest BCUT2D eigenvalue weighted by molar-refractivity contribution is 7.90. The number of amides is 1. The topological polar surface area (TPSA) is 139 Å². The van der Waals surface area contributed by atoms with E-state index in [1.807, 2.05) is 13.0 Å². The fourth-order valence-corrected chi connectivity index (χ4v) is 4.80. The van der Waals surface area contributed by atoms with Gasteiger partial charge in [-0.3, -0.25) is 9.78 Å². The van der Waals surface area contributed by atoms with Gasteiger partial charge in [0.05, 0.1) is 29.6 Å². The van der Waals surface area contributed by atoms with Gasteiger partial charge in [-0.1, -0.05) is 0 Å². The highest BCUT2D eigenvalue weighted by atomic mass is 32.2. The van der Waals surface area contributed by atoms with Crippen molar-refractivity contribution >= 4 is 43.0 Å². The number of anilines is 1. The number of nitrogens with one attached hydrogen (secondary N) is 1. The van der Waals surface area contributed by atoms with Crippen LogP contribution in [0.3, 0.4) is 0 Å². The molecule has 2 heterocycles. The van der Waals surface area contributed by atoms with Crippen molar-refractivity contribution in [2.75, 3.05) is 18.2 Å². The summed E-state index contributed by atoms with van der Waals surface area (Å²) in [7, 11) is -3.32. The Bertz CT molecular complexity index is 1450. The van der Waals surface area contributed by atoms with Gasteiger partial charge >= 0.3 is 0 Å². The molecule has 4 aromatic rings. The van der Waals surface area contributed by atoms with Gasteiger partial charge in [-0.15, -0.1) is 11.3 Å². The lowest BCUT2D eigenvalue weighted by molar-refractivity contribution is 0.0919. The van der Waals surface area contributed by atoms with Crippen LogP contribution in [0.15, 0.2) is 59.8 Å². The second-order valence-electron chi connectivity index (χ2n) is 7.57. The first kappa shape index (κ1) is 23.8. The van der Waals surface area contributed by atoms with E-state index in [0.29, 0.717) is 17.1 Å². The van der Waals surface area contributed by atoms with E-state index < -0.39 is 28.5 Å². The minimum Gasteiger partial charge on any atom is -0.457 e. The van der Waals surface area contributed by atoms with E-state index in [1.165, 1.54) is 35.9 Å². The maximum atomic E-state index is 12.9. The Hall–Kier alpha value is -3.38. The number of carbonyl (C=O) groups is 1. The Morgan fingerprint density at radius 3 is 2.50 bits per heavy atom. The van der Waals surface area contributed by atoms with Gasteiger partial charge in [-0.25, -0.2) is 13.4 Å². The summed E-state index contributed by atoms with van der Waals surface area (Å²) in [5.74, 6) is 0.626. The van der Waals surface area contributed by atoms with E-state index >= 15 is 0 Å². The number of nitrogens with zero attached hydrogens (tertiary/aromatic N) is 2. The van der Waals surface area contributed by atoms with E-state index in [2.05, 4.69) is 15.3 Å². The number of aliphatic hydroxyl groups excluding tert-OH is 2. The molecule has 34 heavy (non-hydrogen) atoms. The first-order valence-electron chi connectivity index (χ1n) is 10.1. The van der Waals surface area contributed by atoms with Gasteiger partial charge in [0.25, 0.3) is 5.91 Å². The molecule has 9 nitrogen and oxygen atoms in total. The van der Waals surface area contributed by atoms with Gasteiger partial charge < -0.3 is 20.3 Å². The van der Waals surface area contributed by atoms with Crippen LogP contribution in [0.4, 0.5) is 5.82 Å². The number of thiophene rings is 1. The third-order valence-electron chi connectivity index (χ3n) is 4.89. The third-order valence-corrected chi connectivity index (χ3v) is 7.02. The lowest BCUT2D eigenvalue weighted by atomic mass is 10.1. The average molecular weight is 500 g/mol. The Morgan fingerprint density at radius 2 is 1.88 bits per heavy atom. The zero-order valence-corrected chi connectivity index (χ0v) is 19.9. The number of rotatable bonds is 7. The lowest BCUT2D eigenvalue weighted by Gasteiger charge is -2.11. The molecule has 2 aromatic heterocycles. The predicted molar refractivity (Wildman–Crippen MR) is 128 cm³/mol. The molecular formula is C23H21N3O6S2. The van der Waals surface area contributed by atoms with Crippen molar-refractivity contribution in [3.8, 4) is 11.5 Å². The highest BCUT2D eigenvalue weighted by Crippen LogP contribution is 2.37. The molecule has 176 valence electrons. The van der Waals surface area contributed by atoms with Gasteiger partial charge in [0.15, 0.2) is 15.7 Å². The van der Waals surface area contributed by atoms with Crippen LogP contribution in [0.1, 0.15) is 27.0 Å². The fraction of sp³-hybridized carbons (Fsp3) is 0.174. The number of hydrogen-bond acceptors (Lipinski definition) is 9. The molecule has 3 N–H and O–H groups in total. The van der Waals surface area contributed by atoms with Crippen molar-refractivity contribution in [1.29, 1.82) is 0 Å². The molecule has 1 atom stereocenters. The second-order valence-corrected chi connectivity index (χ2v) is 10.9. The summed E-state index contributed by atoms with van der Waals surface area (Å²) in [6.07, 6.45) is 2.56. The van der Waals surface area contributed by atoms with E-state index in [9.17, 15) is 18.3 Å². The molecule has 2 aromatic carbocycles. The Balaban J connectivity index is 1.62. The minimum atomic E-state index is -3.32. The van der Waals surface area contributed by atoms with Crippen molar-refractivity contribution in [2.24, 2.45) is 0 Å². The van der Waals surface area contributed by atoms with Crippen molar-refractivity contribution in [1.82, 2.24) is 9.97 Å². The van der Waals surface area contributed by atoms with Crippen LogP contribution in [0.5, 0.6) is 11.5 Å². The van der Waals surface area contributed by atoms with Crippen LogP contribution in [0, 0.1) is 6.92 Å². The standard InChI is InChI=1S/C23H21N3O6S2/c1-13-7-17-20(32-15-3-5-16(6-4-15)34(2,30)31)8-14(9-21(17)33-13)23(29)26-22-11-24-18(10-25-22)19(28)12-27/h3-11,19,27-28H,12H2,1-2H3,(H,25,26,29). The molecule has 1 amide bonds. The van der Waals surface area contributed by atoms with Gasteiger partial charge in [-0.05, 0) is 49.4 Å². The Labute approximate surface area is 199 Å². The van der Waals surface area contributed by atoms with Crippen molar-refractivity contribution in [2.45, 2.75) is 17.9 Å². The van der Waals surface area contributed by atoms with Crippen molar-refractivity contribution < 1.29 is 28.2 Å². The summed E-state index contributed by atoms with van der Waals surface area (Å²) in [6.45, 7) is 1.47. The molecule has 1 unspecified atom stereocenters. The molecule has 0 aliphatic heterocycles. The number of aliphatic hydroxyl groups is 2. The molecule has 0 bridgehead atoms. The number of fused-ring (bicyclic) bond motifs is 1. The molecule has 0 aliphatic carbocycles. The monoisotopic (exact) mass is 499 g/mol. The smallest absolute Gasteiger partial charge is 0.257 e. The summed E-state index contributed by atoms with van der Waals surface area (Å²) in [5.41, 5.74) is 0.520. The number of hydrogen-bond donors (Lipinski definition) is 3. The van der Waals surface area contributed by atoms with Crippen LogP contribution in [-0.2, 0) is 9.84 Å². The second kappa shape index (κ2) is 9.47. The van der Waals surface area contributed by atoms with E-state index in [1.54, 1.807) is 24.3 Å². The number of aryl methyl sites for hydroxylation is 1. The predicted octanol–water partition coefficient (Wildman–Crippen LogP) is 3.47. The maximum absolute atomic E-state index is 12.9. The minimum absolute atomic E-state index is 0.181. The highest BCUT2D eigenvalue weighted by Gasteiger charge is 2.16. The molecule has 0 spiro atoms. The number of carbonyl (C=O) groups excluding carboxylic acids is 1. The van der Waals surface area contributed by atoms with E-state index in [0.717, 1.165) is 21.2 Å². The maximum Gasteiger partial charge on any atom is 0.257 e. The first-order valence-corrected chi connectivity index (χ1v) is 12.8. The summed E-state index contributed by atoms with van der Waals surface area (Å²) in [4.78, 5) is 22.2. The number of benzene rings is 2. The zero-order chi connectivity index (χ0) is 24.5. The molecule has 4 rings (SSSR count).